The van der Waals surface area contributed by atoms with Crippen molar-refractivity contribution in [3.63, 3.8) is 0 Å². The van der Waals surface area contributed by atoms with Crippen molar-refractivity contribution in [3.05, 3.63) is 65.6 Å². The third kappa shape index (κ3) is 4.12. The number of hydrogen-bond donors (Lipinski definition) is 3. The maximum atomic E-state index is 14.3. The summed E-state index contributed by atoms with van der Waals surface area (Å²) < 4.78 is 54.4. The number of piperidine rings is 1. The number of rotatable bonds is 4. The number of hydrogen-bond acceptors (Lipinski definition) is 3. The molecule has 5 rings (SSSR count). The van der Waals surface area contributed by atoms with E-state index in [9.17, 15) is 31.9 Å². The molecule has 0 bridgehead atoms. The van der Waals surface area contributed by atoms with Crippen LogP contribution in [0.5, 0.6) is 0 Å². The smallest absolute Gasteiger partial charge is 0.351 e. The Bertz CT molecular complexity index is 1390. The monoisotopic (exact) mass is 503 g/mol. The highest BCUT2D eigenvalue weighted by atomic mass is 19.4. The minimum absolute atomic E-state index is 0.128. The number of alkyl halides is 3. The van der Waals surface area contributed by atoms with Gasteiger partial charge in [0.1, 0.15) is 11.9 Å². The number of halogens is 4. The van der Waals surface area contributed by atoms with E-state index in [-0.39, 0.29) is 17.5 Å². The van der Waals surface area contributed by atoms with Crippen LogP contribution in [0.1, 0.15) is 24.0 Å². The van der Waals surface area contributed by atoms with E-state index in [1.807, 2.05) is 0 Å². The second-order valence-electron chi connectivity index (χ2n) is 8.91. The number of likely N-dealkylation sites (tertiary alicyclic amines) is 1. The third-order valence-electron chi connectivity index (χ3n) is 6.67. The fraction of sp³-hybridized carbons (Fsp3) is 0.292. The fourth-order valence-corrected chi connectivity index (χ4v) is 4.86. The topological polar surface area (TPSA) is 109 Å². The molecule has 1 aliphatic carbocycles. The number of urea groups is 1. The molecule has 3 aromatic rings. The molecule has 36 heavy (non-hydrogen) atoms. The quantitative estimate of drug-likeness (QED) is 0.468. The van der Waals surface area contributed by atoms with Crippen LogP contribution in [-0.2, 0) is 17.5 Å². The first-order valence-corrected chi connectivity index (χ1v) is 11.2. The molecule has 2 fully saturated rings. The summed E-state index contributed by atoms with van der Waals surface area (Å²) in [5, 5.41) is 5.79. The van der Waals surface area contributed by atoms with Gasteiger partial charge in [0.15, 0.2) is 0 Å². The van der Waals surface area contributed by atoms with Crippen LogP contribution in [0.4, 0.5) is 32.8 Å². The number of carbonyl (C=O) groups is 3. The summed E-state index contributed by atoms with van der Waals surface area (Å²) >= 11 is 0. The molecule has 1 aliphatic heterocycles. The summed E-state index contributed by atoms with van der Waals surface area (Å²) in [6.45, 7) is -0.456. The predicted octanol–water partition coefficient (Wildman–Crippen LogP) is 4.04. The lowest BCUT2D eigenvalue weighted by Crippen LogP contribution is -2.49. The molecule has 1 saturated heterocycles. The van der Waals surface area contributed by atoms with E-state index in [0.29, 0.717) is 29.1 Å². The molecule has 0 spiro atoms. The van der Waals surface area contributed by atoms with Gasteiger partial charge in [0, 0.05) is 29.7 Å². The average molecular weight is 503 g/mol. The van der Waals surface area contributed by atoms with Crippen molar-refractivity contribution in [2.24, 2.45) is 11.7 Å². The molecule has 4 amide bonds. The largest absolute Gasteiger partial charge is 0.419 e. The minimum Gasteiger partial charge on any atom is -0.351 e. The minimum atomic E-state index is -4.86. The van der Waals surface area contributed by atoms with Gasteiger partial charge in [-0.1, -0.05) is 30.3 Å². The van der Waals surface area contributed by atoms with Gasteiger partial charge in [-0.3, -0.25) is 9.36 Å². The third-order valence-corrected chi connectivity index (χ3v) is 6.67. The van der Waals surface area contributed by atoms with Crippen LogP contribution < -0.4 is 16.4 Å². The number of anilines is 1. The summed E-state index contributed by atoms with van der Waals surface area (Å²) in [4.78, 5) is 39.3. The Morgan fingerprint density at radius 1 is 1.06 bits per heavy atom. The van der Waals surface area contributed by atoms with Gasteiger partial charge in [-0.25, -0.2) is 14.0 Å². The summed E-state index contributed by atoms with van der Waals surface area (Å²) in [7, 11) is 0. The van der Waals surface area contributed by atoms with Crippen LogP contribution in [0.3, 0.4) is 0 Å². The number of amides is 4. The molecular formula is C24H21F4N5O3. The van der Waals surface area contributed by atoms with Gasteiger partial charge in [-0.15, -0.1) is 0 Å². The number of aromatic nitrogens is 1. The molecule has 4 N–H and O–H groups in total. The Hall–Kier alpha value is -4.09. The summed E-state index contributed by atoms with van der Waals surface area (Å²) in [5.74, 6) is -1.91. The molecule has 188 valence electrons. The van der Waals surface area contributed by atoms with Crippen LogP contribution in [0.2, 0.25) is 0 Å². The Balaban J connectivity index is 1.31. The van der Waals surface area contributed by atoms with Gasteiger partial charge in [-0.05, 0) is 30.9 Å². The van der Waals surface area contributed by atoms with E-state index in [2.05, 4.69) is 10.6 Å². The highest BCUT2D eigenvalue weighted by Gasteiger charge is 2.56. The Kier molecular flexibility index (Phi) is 5.61. The Morgan fingerprint density at radius 3 is 2.53 bits per heavy atom. The van der Waals surface area contributed by atoms with Crippen molar-refractivity contribution in [2.75, 3.05) is 5.32 Å². The number of primary amides is 1. The fourth-order valence-electron chi connectivity index (χ4n) is 4.86. The normalized spacial score (nSPS) is 20.8. The van der Waals surface area contributed by atoms with E-state index in [1.165, 1.54) is 15.7 Å². The zero-order chi connectivity index (χ0) is 25.8. The van der Waals surface area contributed by atoms with Crippen molar-refractivity contribution < 1.29 is 31.9 Å². The molecule has 12 heteroatoms. The zero-order valence-electron chi connectivity index (χ0n) is 18.7. The average Bonchev–Trinajstić information content (AvgIpc) is 3.32. The van der Waals surface area contributed by atoms with Gasteiger partial charge in [0.05, 0.1) is 16.8 Å². The highest BCUT2D eigenvalue weighted by Crippen LogP contribution is 2.48. The Labute approximate surface area is 202 Å². The van der Waals surface area contributed by atoms with Crippen molar-refractivity contribution in [2.45, 2.75) is 37.6 Å². The van der Waals surface area contributed by atoms with Crippen LogP contribution in [0.15, 0.2) is 48.7 Å². The van der Waals surface area contributed by atoms with Crippen LogP contribution >= 0.6 is 0 Å². The standard InChI is InChI=1S/C24H21F4N5O3/c25-20-12(4-3-6-15(20)24(26,27)28)10-30-21(34)19-9-13-8-18(13)33(19)23(36)31-16-11-32(22(29)35)17-7-2-1-5-14(16)17/h1-7,11,13,18-19H,8-10H2,(H2,29,35)(H,30,34)(H,31,36)/t13?,18?,19-/m0/s1. The van der Waals surface area contributed by atoms with Crippen molar-refractivity contribution >= 4 is 34.6 Å². The van der Waals surface area contributed by atoms with E-state index < -0.39 is 48.1 Å². The highest BCUT2D eigenvalue weighted by molar-refractivity contribution is 6.05. The van der Waals surface area contributed by atoms with Gasteiger partial charge in [0.25, 0.3) is 0 Å². The van der Waals surface area contributed by atoms with E-state index in [4.69, 9.17) is 5.73 Å². The first-order valence-electron chi connectivity index (χ1n) is 11.2. The maximum Gasteiger partial charge on any atom is 0.419 e. The molecule has 2 aromatic carbocycles. The summed E-state index contributed by atoms with van der Waals surface area (Å²) in [5.41, 5.74) is 4.54. The van der Waals surface area contributed by atoms with Crippen LogP contribution in [0.25, 0.3) is 10.9 Å². The summed E-state index contributed by atoms with van der Waals surface area (Å²) in [6.07, 6.45) is -2.35. The molecule has 2 unspecified atom stereocenters. The van der Waals surface area contributed by atoms with Gasteiger partial charge in [0.2, 0.25) is 5.91 Å². The first kappa shape index (κ1) is 23.6. The number of nitrogens with zero attached hydrogens (tertiary/aromatic N) is 2. The SMILES string of the molecule is NC(=O)n1cc(NC(=O)N2C3CC3C[C@H]2C(=O)NCc2cccc(C(F)(F)F)c2F)c2ccccc21. The maximum absolute atomic E-state index is 14.3. The van der Waals surface area contributed by atoms with Crippen LogP contribution in [-0.4, -0.2) is 39.5 Å². The van der Waals surface area contributed by atoms with E-state index >= 15 is 0 Å². The lowest BCUT2D eigenvalue weighted by atomic mass is 10.1. The number of carbonyl (C=O) groups excluding carboxylic acids is 3. The first-order chi connectivity index (χ1) is 17.1. The Morgan fingerprint density at radius 2 is 1.81 bits per heavy atom. The van der Waals surface area contributed by atoms with Gasteiger partial charge in [-0.2, -0.15) is 13.2 Å². The zero-order valence-corrected chi connectivity index (χ0v) is 18.7. The number of fused-ring (bicyclic) bond motifs is 2. The number of benzene rings is 2. The lowest BCUT2D eigenvalue weighted by Gasteiger charge is -2.27. The van der Waals surface area contributed by atoms with Gasteiger partial charge < -0.3 is 21.3 Å². The molecule has 1 saturated carbocycles. The molecule has 1 aromatic heterocycles. The number of nitrogens with two attached hydrogens (primary N) is 1. The molecule has 2 heterocycles. The summed E-state index contributed by atoms with van der Waals surface area (Å²) in [6, 6.07) is 7.39. The number of nitrogens with one attached hydrogen (secondary N) is 2. The second kappa shape index (κ2) is 8.54. The van der Waals surface area contributed by atoms with Crippen molar-refractivity contribution in [1.82, 2.24) is 14.8 Å². The van der Waals surface area contributed by atoms with E-state index in [1.54, 1.807) is 24.3 Å². The van der Waals surface area contributed by atoms with E-state index in [0.717, 1.165) is 18.6 Å². The van der Waals surface area contributed by atoms with Crippen molar-refractivity contribution in [1.29, 1.82) is 0 Å². The van der Waals surface area contributed by atoms with Gasteiger partial charge >= 0.3 is 18.2 Å². The van der Waals surface area contributed by atoms with Crippen LogP contribution in [0, 0.1) is 11.7 Å². The molecule has 2 aliphatic rings. The molecule has 3 atom stereocenters. The number of para-hydroxylation sites is 1. The van der Waals surface area contributed by atoms with Crippen molar-refractivity contribution in [3.8, 4) is 0 Å². The molecular weight excluding hydrogens is 482 g/mol. The molecule has 0 radical (unpaired) electrons. The predicted molar refractivity (Wildman–Crippen MR) is 121 cm³/mol. The lowest BCUT2D eigenvalue weighted by molar-refractivity contribution is -0.140. The molecule has 8 nitrogen and oxygen atoms in total. The second-order valence-corrected chi connectivity index (χ2v) is 8.91.